The quantitative estimate of drug-likeness (QED) is 0.607. The molecule has 1 saturated heterocycles. The molecule has 1 aromatic carbocycles. The zero-order valence-electron chi connectivity index (χ0n) is 17.3. The maximum atomic E-state index is 12.8. The number of benzene rings is 1. The molecule has 1 aromatic heterocycles. The molecule has 1 unspecified atom stereocenters. The number of amides is 4. The van der Waals surface area contributed by atoms with E-state index in [0.29, 0.717) is 35.1 Å². The van der Waals surface area contributed by atoms with E-state index < -0.39 is 17.9 Å². The Labute approximate surface area is 183 Å². The van der Waals surface area contributed by atoms with Gasteiger partial charge in [-0.25, -0.2) is 9.97 Å². The minimum absolute atomic E-state index is 0.0519. The minimum atomic E-state index is -0.676. The molecule has 2 aromatic rings. The first kappa shape index (κ1) is 20.1. The molecule has 164 valence electrons. The Morgan fingerprint density at radius 3 is 2.72 bits per heavy atom. The van der Waals surface area contributed by atoms with E-state index in [2.05, 4.69) is 25.9 Å². The first-order valence-corrected chi connectivity index (χ1v) is 10.7. The number of anilines is 2. The molecule has 3 heterocycles. The second kappa shape index (κ2) is 8.03. The highest BCUT2D eigenvalue weighted by molar-refractivity contribution is 6.06. The molecular weight excluding hydrogens is 412 g/mol. The fourth-order valence-corrected chi connectivity index (χ4v) is 4.15. The molecule has 1 aliphatic carbocycles. The molecule has 4 amide bonds. The second-order valence-corrected chi connectivity index (χ2v) is 8.26. The number of aromatic nitrogens is 2. The summed E-state index contributed by atoms with van der Waals surface area (Å²) in [6.07, 6.45) is 5.42. The maximum absolute atomic E-state index is 12.8. The van der Waals surface area contributed by atoms with Gasteiger partial charge < -0.3 is 15.5 Å². The Morgan fingerprint density at radius 1 is 1.12 bits per heavy atom. The van der Waals surface area contributed by atoms with E-state index >= 15 is 0 Å². The van der Waals surface area contributed by atoms with E-state index in [0.717, 1.165) is 12.8 Å². The van der Waals surface area contributed by atoms with Crippen molar-refractivity contribution in [3.63, 3.8) is 0 Å². The fourth-order valence-electron chi connectivity index (χ4n) is 4.15. The molecular formula is C22H22N6O4. The van der Waals surface area contributed by atoms with Gasteiger partial charge in [-0.05, 0) is 55.5 Å². The van der Waals surface area contributed by atoms with Crippen LogP contribution in [0.2, 0.25) is 0 Å². The summed E-state index contributed by atoms with van der Waals surface area (Å²) in [5.74, 6) is -0.817. The van der Waals surface area contributed by atoms with Gasteiger partial charge in [-0.3, -0.25) is 24.5 Å². The number of hydrogen-bond acceptors (Lipinski definition) is 7. The molecule has 3 aliphatic rings. The Morgan fingerprint density at radius 2 is 1.97 bits per heavy atom. The summed E-state index contributed by atoms with van der Waals surface area (Å²) in [6, 6.07) is 6.44. The average molecular weight is 434 g/mol. The van der Waals surface area contributed by atoms with Gasteiger partial charge in [0.05, 0.1) is 0 Å². The largest absolute Gasteiger partial charge is 0.367 e. The van der Waals surface area contributed by atoms with Gasteiger partial charge in [0, 0.05) is 36.5 Å². The van der Waals surface area contributed by atoms with Crippen molar-refractivity contribution in [1.82, 2.24) is 20.2 Å². The van der Waals surface area contributed by atoms with Crippen LogP contribution in [0.4, 0.5) is 11.5 Å². The summed E-state index contributed by atoms with van der Waals surface area (Å²) in [7, 11) is 0. The number of piperidine rings is 1. The average Bonchev–Trinajstić information content (AvgIpc) is 3.06. The third-order valence-electron chi connectivity index (χ3n) is 6.10. The zero-order chi connectivity index (χ0) is 22.2. The van der Waals surface area contributed by atoms with Crippen LogP contribution in [-0.4, -0.2) is 50.6 Å². The summed E-state index contributed by atoms with van der Waals surface area (Å²) in [4.78, 5) is 58.8. The van der Waals surface area contributed by atoms with E-state index in [1.807, 2.05) is 0 Å². The lowest BCUT2D eigenvalue weighted by atomic mass is 9.93. The smallest absolute Gasteiger partial charge is 0.293 e. The van der Waals surface area contributed by atoms with E-state index in [1.54, 1.807) is 30.5 Å². The van der Waals surface area contributed by atoms with Gasteiger partial charge in [0.25, 0.3) is 11.8 Å². The Kier molecular flexibility index (Phi) is 5.04. The molecule has 1 atom stereocenters. The number of imide groups is 1. The molecule has 10 nitrogen and oxygen atoms in total. The number of fused-ring (bicyclic) bond motifs is 1. The number of carbonyl (C=O) groups is 4. The molecule has 0 spiro atoms. The zero-order valence-corrected chi connectivity index (χ0v) is 17.3. The Hall–Kier alpha value is -3.82. The molecule has 1 saturated carbocycles. The van der Waals surface area contributed by atoms with Crippen LogP contribution in [0, 0.1) is 0 Å². The van der Waals surface area contributed by atoms with Gasteiger partial charge in [-0.1, -0.05) is 0 Å². The monoisotopic (exact) mass is 434 g/mol. The van der Waals surface area contributed by atoms with Crippen molar-refractivity contribution < 1.29 is 19.2 Å². The maximum Gasteiger partial charge on any atom is 0.293 e. The summed E-state index contributed by atoms with van der Waals surface area (Å²) >= 11 is 0. The highest BCUT2D eigenvalue weighted by Crippen LogP contribution is 2.29. The molecule has 0 radical (unpaired) electrons. The highest BCUT2D eigenvalue weighted by atomic mass is 16.2. The van der Waals surface area contributed by atoms with Crippen LogP contribution in [0.15, 0.2) is 30.5 Å². The van der Waals surface area contributed by atoms with Crippen LogP contribution in [0.25, 0.3) is 0 Å². The third kappa shape index (κ3) is 3.79. The van der Waals surface area contributed by atoms with Gasteiger partial charge in [0.15, 0.2) is 0 Å². The number of nitrogens with zero attached hydrogens (tertiary/aromatic N) is 3. The Bertz CT molecular complexity index is 1130. The SMILES string of the molecule is O=C1CCC(N2Cc3cc(NC(=O)c4nccc(NC5CCC5)n4)ccc3C2=O)C(=O)N1. The molecule has 3 N–H and O–H groups in total. The van der Waals surface area contributed by atoms with Crippen molar-refractivity contribution in [3.05, 3.63) is 47.4 Å². The van der Waals surface area contributed by atoms with E-state index in [-0.39, 0.29) is 30.6 Å². The van der Waals surface area contributed by atoms with E-state index in [9.17, 15) is 19.2 Å². The predicted molar refractivity (Wildman–Crippen MR) is 114 cm³/mol. The topological polar surface area (TPSA) is 133 Å². The summed E-state index contributed by atoms with van der Waals surface area (Å²) in [5.41, 5.74) is 1.70. The van der Waals surface area contributed by atoms with Gasteiger partial charge in [-0.2, -0.15) is 0 Å². The molecule has 5 rings (SSSR count). The highest BCUT2D eigenvalue weighted by Gasteiger charge is 2.39. The van der Waals surface area contributed by atoms with Crippen molar-refractivity contribution in [2.45, 2.75) is 50.7 Å². The fraction of sp³-hybridized carbons (Fsp3) is 0.364. The van der Waals surface area contributed by atoms with Crippen molar-refractivity contribution in [2.75, 3.05) is 10.6 Å². The molecule has 0 bridgehead atoms. The molecule has 2 aliphatic heterocycles. The first-order chi connectivity index (χ1) is 15.5. The lowest BCUT2D eigenvalue weighted by Crippen LogP contribution is -2.52. The lowest BCUT2D eigenvalue weighted by molar-refractivity contribution is -0.136. The molecule has 2 fully saturated rings. The molecule has 32 heavy (non-hydrogen) atoms. The predicted octanol–water partition coefficient (Wildman–Crippen LogP) is 1.45. The van der Waals surface area contributed by atoms with Crippen molar-refractivity contribution in [3.8, 4) is 0 Å². The van der Waals surface area contributed by atoms with Gasteiger partial charge in [0.2, 0.25) is 17.6 Å². The normalized spacial score (nSPS) is 20.4. The number of hydrogen-bond donors (Lipinski definition) is 3. The van der Waals surface area contributed by atoms with Crippen LogP contribution < -0.4 is 16.0 Å². The van der Waals surface area contributed by atoms with E-state index in [4.69, 9.17) is 0 Å². The van der Waals surface area contributed by atoms with Gasteiger partial charge in [-0.15, -0.1) is 0 Å². The standard InChI is InChI=1S/C22H22N6O4/c29-18-7-6-16(20(30)27-18)28-11-12-10-14(4-5-15(12)22(28)32)25-21(31)19-23-9-8-17(26-19)24-13-2-1-3-13/h4-5,8-10,13,16H,1-3,6-7,11H2,(H,25,31)(H,23,24,26)(H,27,29,30). The van der Waals surface area contributed by atoms with E-state index in [1.165, 1.54) is 11.3 Å². The summed E-state index contributed by atoms with van der Waals surface area (Å²) in [6.45, 7) is 0.238. The van der Waals surface area contributed by atoms with Gasteiger partial charge in [0.1, 0.15) is 11.9 Å². The Balaban J connectivity index is 1.28. The van der Waals surface area contributed by atoms with Crippen LogP contribution in [0.3, 0.4) is 0 Å². The first-order valence-electron chi connectivity index (χ1n) is 10.7. The minimum Gasteiger partial charge on any atom is -0.367 e. The summed E-state index contributed by atoms with van der Waals surface area (Å²) in [5, 5.41) is 8.35. The van der Waals surface area contributed by atoms with Crippen LogP contribution in [0.1, 0.15) is 58.6 Å². The molecule has 10 heteroatoms. The third-order valence-corrected chi connectivity index (χ3v) is 6.10. The van der Waals surface area contributed by atoms with Crippen LogP contribution in [0.5, 0.6) is 0 Å². The van der Waals surface area contributed by atoms with Gasteiger partial charge >= 0.3 is 0 Å². The van der Waals surface area contributed by atoms with Crippen molar-refractivity contribution >= 4 is 35.1 Å². The number of rotatable bonds is 5. The number of carbonyl (C=O) groups excluding carboxylic acids is 4. The lowest BCUT2D eigenvalue weighted by Gasteiger charge is -2.29. The van der Waals surface area contributed by atoms with Crippen molar-refractivity contribution in [2.24, 2.45) is 0 Å². The van der Waals surface area contributed by atoms with Crippen molar-refractivity contribution in [1.29, 1.82) is 0 Å². The summed E-state index contributed by atoms with van der Waals surface area (Å²) < 4.78 is 0. The number of nitrogens with one attached hydrogen (secondary N) is 3. The van der Waals surface area contributed by atoms with Crippen LogP contribution >= 0.6 is 0 Å². The van der Waals surface area contributed by atoms with Crippen LogP contribution in [-0.2, 0) is 16.1 Å². The second-order valence-electron chi connectivity index (χ2n) is 8.26.